The van der Waals surface area contributed by atoms with E-state index in [0.29, 0.717) is 0 Å². The summed E-state index contributed by atoms with van der Waals surface area (Å²) in [5, 5.41) is -0.177. The van der Waals surface area contributed by atoms with Crippen LogP contribution in [0.1, 0.15) is 20.8 Å². The highest BCUT2D eigenvalue weighted by atomic mass is 35.5. The molecule has 0 aliphatic heterocycles. The molecule has 0 N–H and O–H groups in total. The summed E-state index contributed by atoms with van der Waals surface area (Å²) in [6.45, 7) is 5.72. The number of halogens is 1. The Hall–Kier alpha value is -0.520. The predicted octanol–water partition coefficient (Wildman–Crippen LogP) is 2.68. The van der Waals surface area contributed by atoms with E-state index in [2.05, 4.69) is 4.42 Å². The molecule has 0 radical (unpaired) electrons. The van der Waals surface area contributed by atoms with Crippen LogP contribution in [0.3, 0.4) is 0 Å². The molecule has 0 amide bonds. The molecule has 1 heterocycles. The lowest BCUT2D eigenvalue weighted by molar-refractivity contribution is 0.203. The summed E-state index contributed by atoms with van der Waals surface area (Å²) < 4.78 is 32.7. The van der Waals surface area contributed by atoms with Crippen LogP contribution in [0.5, 0.6) is 0 Å². The Labute approximate surface area is 94.3 Å². The fourth-order valence-electron chi connectivity index (χ4n) is 0.779. The highest BCUT2D eigenvalue weighted by Gasteiger charge is 2.24. The number of hydrogen-bond donors (Lipinski definition) is 0. The molecule has 0 fully saturated rings. The molecule has 1 rings (SSSR count). The molecule has 1 aromatic heterocycles. The van der Waals surface area contributed by atoms with Gasteiger partial charge in [-0.25, -0.2) is 0 Å². The van der Waals surface area contributed by atoms with Crippen LogP contribution in [-0.2, 0) is 14.3 Å². The quantitative estimate of drug-likeness (QED) is 0.776. The predicted molar refractivity (Wildman–Crippen MR) is 56.3 cm³/mol. The van der Waals surface area contributed by atoms with Gasteiger partial charge in [0.05, 0.1) is 12.9 Å². The van der Waals surface area contributed by atoms with E-state index in [9.17, 15) is 8.42 Å². The molecular formula is C9H13ClO4S. The van der Waals surface area contributed by atoms with Gasteiger partial charge in [-0.3, -0.25) is 4.18 Å². The Morgan fingerprint density at radius 2 is 2.07 bits per heavy atom. The third-order valence-electron chi connectivity index (χ3n) is 1.50. The SMILES string of the molecule is CC(C)(C)COS(=O)(=O)c1ccoc1Cl. The van der Waals surface area contributed by atoms with Gasteiger partial charge in [0.15, 0.2) is 4.90 Å². The maximum absolute atomic E-state index is 11.6. The maximum Gasteiger partial charge on any atom is 0.301 e. The topological polar surface area (TPSA) is 56.5 Å². The fourth-order valence-corrected chi connectivity index (χ4v) is 2.28. The second-order valence-electron chi connectivity index (χ2n) is 4.34. The Bertz CT molecular complexity index is 427. The van der Waals surface area contributed by atoms with Crippen LogP contribution in [0, 0.1) is 5.41 Å². The van der Waals surface area contributed by atoms with Crippen molar-refractivity contribution < 1.29 is 17.0 Å². The molecule has 0 saturated carbocycles. The molecule has 0 atom stereocenters. The van der Waals surface area contributed by atoms with Gasteiger partial charge in [0, 0.05) is 0 Å². The number of furan rings is 1. The monoisotopic (exact) mass is 252 g/mol. The van der Waals surface area contributed by atoms with Gasteiger partial charge in [0.1, 0.15) is 0 Å². The molecule has 0 aliphatic rings. The summed E-state index contributed by atoms with van der Waals surface area (Å²) in [5.41, 5.74) is -0.233. The van der Waals surface area contributed by atoms with E-state index in [1.165, 1.54) is 12.3 Å². The minimum absolute atomic E-state index is 0.0941. The molecule has 6 heteroatoms. The maximum atomic E-state index is 11.6. The van der Waals surface area contributed by atoms with Crippen molar-refractivity contribution in [3.05, 3.63) is 17.5 Å². The van der Waals surface area contributed by atoms with Crippen molar-refractivity contribution in [3.63, 3.8) is 0 Å². The first kappa shape index (κ1) is 12.5. The van der Waals surface area contributed by atoms with Gasteiger partial charge in [0.25, 0.3) is 0 Å². The van der Waals surface area contributed by atoms with Gasteiger partial charge in [0.2, 0.25) is 5.22 Å². The standard InChI is InChI=1S/C9H13ClO4S/c1-9(2,3)6-14-15(11,12)7-4-5-13-8(7)10/h4-5H,6H2,1-3H3. The first-order chi connectivity index (χ1) is 6.72. The van der Waals surface area contributed by atoms with E-state index in [4.69, 9.17) is 15.8 Å². The van der Waals surface area contributed by atoms with E-state index in [-0.39, 0.29) is 22.1 Å². The molecule has 15 heavy (non-hydrogen) atoms. The van der Waals surface area contributed by atoms with E-state index in [0.717, 1.165) is 0 Å². The van der Waals surface area contributed by atoms with Gasteiger partial charge in [-0.15, -0.1) is 0 Å². The van der Waals surface area contributed by atoms with Gasteiger partial charge in [-0.05, 0) is 23.1 Å². The number of hydrogen-bond acceptors (Lipinski definition) is 4. The van der Waals surface area contributed by atoms with Crippen LogP contribution in [0.25, 0.3) is 0 Å². The summed E-state index contributed by atoms with van der Waals surface area (Å²) in [4.78, 5) is -0.131. The van der Waals surface area contributed by atoms with Gasteiger partial charge >= 0.3 is 10.1 Å². The zero-order valence-corrected chi connectivity index (χ0v) is 10.4. The lowest BCUT2D eigenvalue weighted by Gasteiger charge is -2.17. The Kier molecular flexibility index (Phi) is 3.48. The zero-order valence-electron chi connectivity index (χ0n) is 8.78. The molecule has 1 aromatic rings. The third-order valence-corrected chi connectivity index (χ3v) is 3.19. The molecule has 0 bridgehead atoms. The lowest BCUT2D eigenvalue weighted by atomic mass is 9.99. The normalized spacial score (nSPS) is 13.1. The molecule has 0 aromatic carbocycles. The second kappa shape index (κ2) is 4.15. The molecule has 0 spiro atoms. The molecule has 0 saturated heterocycles. The second-order valence-corrected chi connectivity index (χ2v) is 6.26. The Morgan fingerprint density at radius 1 is 1.47 bits per heavy atom. The average molecular weight is 253 g/mol. The molecule has 0 unspecified atom stereocenters. The molecule has 0 aliphatic carbocycles. The minimum Gasteiger partial charge on any atom is -0.451 e. The summed E-state index contributed by atoms with van der Waals surface area (Å²) in [7, 11) is -3.81. The molecule has 86 valence electrons. The highest BCUT2D eigenvalue weighted by molar-refractivity contribution is 7.86. The van der Waals surface area contributed by atoms with Gasteiger partial charge < -0.3 is 4.42 Å². The Balaban J connectivity index is 2.82. The van der Waals surface area contributed by atoms with Crippen molar-refractivity contribution in [2.75, 3.05) is 6.61 Å². The lowest BCUT2D eigenvalue weighted by Crippen LogP contribution is -2.18. The van der Waals surface area contributed by atoms with Crippen molar-refractivity contribution in [1.82, 2.24) is 0 Å². The van der Waals surface area contributed by atoms with Crippen LogP contribution >= 0.6 is 11.6 Å². The smallest absolute Gasteiger partial charge is 0.301 e. The minimum atomic E-state index is -3.81. The third kappa shape index (κ3) is 3.52. The average Bonchev–Trinajstić information content (AvgIpc) is 2.47. The van der Waals surface area contributed by atoms with Crippen molar-refractivity contribution in [3.8, 4) is 0 Å². The summed E-state index contributed by atoms with van der Waals surface area (Å²) in [6, 6.07) is 1.26. The van der Waals surface area contributed by atoms with Gasteiger partial charge in [-0.1, -0.05) is 20.8 Å². The molecular weight excluding hydrogens is 240 g/mol. The summed E-state index contributed by atoms with van der Waals surface area (Å²) in [5.74, 6) is 0. The van der Waals surface area contributed by atoms with Crippen molar-refractivity contribution >= 4 is 21.7 Å². The van der Waals surface area contributed by atoms with E-state index < -0.39 is 10.1 Å². The van der Waals surface area contributed by atoms with Crippen LogP contribution < -0.4 is 0 Å². The molecule has 4 nitrogen and oxygen atoms in total. The largest absolute Gasteiger partial charge is 0.451 e. The van der Waals surface area contributed by atoms with Crippen LogP contribution in [-0.4, -0.2) is 15.0 Å². The summed E-state index contributed by atoms with van der Waals surface area (Å²) >= 11 is 5.55. The fraction of sp³-hybridized carbons (Fsp3) is 0.556. The first-order valence-electron chi connectivity index (χ1n) is 4.35. The zero-order chi connectivity index (χ0) is 11.7. The summed E-state index contributed by atoms with van der Waals surface area (Å²) in [6.07, 6.45) is 1.20. The van der Waals surface area contributed by atoms with Crippen molar-refractivity contribution in [2.24, 2.45) is 5.41 Å². The van der Waals surface area contributed by atoms with Crippen LogP contribution in [0.15, 0.2) is 21.6 Å². The first-order valence-corrected chi connectivity index (χ1v) is 6.13. The van der Waals surface area contributed by atoms with Gasteiger partial charge in [-0.2, -0.15) is 8.42 Å². The van der Waals surface area contributed by atoms with E-state index >= 15 is 0 Å². The van der Waals surface area contributed by atoms with Crippen molar-refractivity contribution in [1.29, 1.82) is 0 Å². The van der Waals surface area contributed by atoms with Crippen molar-refractivity contribution in [2.45, 2.75) is 25.7 Å². The van der Waals surface area contributed by atoms with E-state index in [1.807, 2.05) is 20.8 Å². The Morgan fingerprint density at radius 3 is 2.47 bits per heavy atom. The van der Waals surface area contributed by atoms with Crippen LogP contribution in [0.2, 0.25) is 5.22 Å². The highest BCUT2D eigenvalue weighted by Crippen LogP contribution is 2.25. The van der Waals surface area contributed by atoms with E-state index in [1.54, 1.807) is 0 Å². The van der Waals surface area contributed by atoms with Crippen LogP contribution in [0.4, 0.5) is 0 Å². The number of rotatable bonds is 3.